The number of hydrazone groups is 1. The highest BCUT2D eigenvalue weighted by molar-refractivity contribution is 7.99. The van der Waals surface area contributed by atoms with Crippen LogP contribution in [0.25, 0.3) is 17.1 Å². The number of nitrogens with zero attached hydrogens (tertiary/aromatic N) is 4. The Morgan fingerprint density at radius 1 is 1.06 bits per heavy atom. The lowest BCUT2D eigenvalue weighted by Gasteiger charge is -2.10. The maximum absolute atomic E-state index is 12.5. The maximum atomic E-state index is 12.5. The SMILES string of the molecule is COc1ccc(/C=N/NC(=O)CSc2nnc(-c3ccc(Cl)cc3)n2-c2ccccc2)c(OC)c1. The minimum Gasteiger partial charge on any atom is -0.497 e. The lowest BCUT2D eigenvalue weighted by molar-refractivity contribution is -0.118. The fourth-order valence-electron chi connectivity index (χ4n) is 3.22. The van der Waals surface area contributed by atoms with E-state index in [9.17, 15) is 4.79 Å². The van der Waals surface area contributed by atoms with E-state index in [-0.39, 0.29) is 11.7 Å². The molecule has 10 heteroatoms. The Bertz CT molecular complexity index is 1330. The number of nitrogens with one attached hydrogen (secondary N) is 1. The number of aromatic nitrogens is 3. The van der Waals surface area contributed by atoms with Crippen LogP contribution < -0.4 is 14.9 Å². The van der Waals surface area contributed by atoms with E-state index in [1.807, 2.05) is 47.0 Å². The molecule has 0 aliphatic heterocycles. The van der Waals surface area contributed by atoms with Gasteiger partial charge in [-0.3, -0.25) is 9.36 Å². The van der Waals surface area contributed by atoms with Crippen molar-refractivity contribution in [1.82, 2.24) is 20.2 Å². The predicted octanol–water partition coefficient (Wildman–Crippen LogP) is 4.85. The van der Waals surface area contributed by atoms with Crippen LogP contribution in [-0.4, -0.2) is 46.9 Å². The zero-order valence-electron chi connectivity index (χ0n) is 19.0. The van der Waals surface area contributed by atoms with Crippen molar-refractivity contribution in [3.63, 3.8) is 0 Å². The minimum absolute atomic E-state index is 0.0999. The Hall–Kier alpha value is -3.82. The van der Waals surface area contributed by atoms with Gasteiger partial charge in [-0.2, -0.15) is 5.10 Å². The Balaban J connectivity index is 1.47. The number of para-hydroxylation sites is 1. The van der Waals surface area contributed by atoms with E-state index in [2.05, 4.69) is 20.7 Å². The molecule has 0 saturated heterocycles. The van der Waals surface area contributed by atoms with Crippen molar-refractivity contribution < 1.29 is 14.3 Å². The lowest BCUT2D eigenvalue weighted by atomic mass is 10.2. The van der Waals surface area contributed by atoms with Crippen molar-refractivity contribution in [3.8, 4) is 28.6 Å². The number of amides is 1. The Kier molecular flexibility index (Phi) is 8.02. The number of thioether (sulfide) groups is 1. The van der Waals surface area contributed by atoms with Gasteiger partial charge < -0.3 is 9.47 Å². The first-order valence-electron chi connectivity index (χ1n) is 10.5. The zero-order valence-corrected chi connectivity index (χ0v) is 20.6. The van der Waals surface area contributed by atoms with Crippen LogP contribution in [0.1, 0.15) is 5.56 Å². The van der Waals surface area contributed by atoms with E-state index in [1.165, 1.54) is 18.0 Å². The van der Waals surface area contributed by atoms with E-state index in [4.69, 9.17) is 21.1 Å². The summed E-state index contributed by atoms with van der Waals surface area (Å²) in [6.07, 6.45) is 1.52. The van der Waals surface area contributed by atoms with Gasteiger partial charge in [0.15, 0.2) is 11.0 Å². The van der Waals surface area contributed by atoms with E-state index < -0.39 is 0 Å². The molecule has 35 heavy (non-hydrogen) atoms. The Morgan fingerprint density at radius 3 is 2.54 bits per heavy atom. The fraction of sp³-hybridized carbons (Fsp3) is 0.120. The van der Waals surface area contributed by atoms with Crippen LogP contribution in [0.2, 0.25) is 5.02 Å². The van der Waals surface area contributed by atoms with Gasteiger partial charge in [-0.05, 0) is 48.5 Å². The van der Waals surface area contributed by atoms with Gasteiger partial charge >= 0.3 is 0 Å². The molecule has 0 saturated carbocycles. The summed E-state index contributed by atoms with van der Waals surface area (Å²) < 4.78 is 12.4. The Morgan fingerprint density at radius 2 is 1.83 bits per heavy atom. The Labute approximate surface area is 211 Å². The van der Waals surface area contributed by atoms with Crippen LogP contribution in [-0.2, 0) is 4.79 Å². The number of carbonyl (C=O) groups is 1. The number of hydrogen-bond acceptors (Lipinski definition) is 7. The average molecular weight is 508 g/mol. The van der Waals surface area contributed by atoms with Gasteiger partial charge in [-0.15, -0.1) is 10.2 Å². The third kappa shape index (κ3) is 6.00. The van der Waals surface area contributed by atoms with Crippen LogP contribution in [0.3, 0.4) is 0 Å². The predicted molar refractivity (Wildman–Crippen MR) is 138 cm³/mol. The summed E-state index contributed by atoms with van der Waals surface area (Å²) in [7, 11) is 3.14. The van der Waals surface area contributed by atoms with Crippen molar-refractivity contribution in [1.29, 1.82) is 0 Å². The zero-order chi connectivity index (χ0) is 24.6. The van der Waals surface area contributed by atoms with Gasteiger partial charge in [0.05, 0.1) is 26.2 Å². The molecule has 0 spiro atoms. The first-order valence-corrected chi connectivity index (χ1v) is 11.9. The number of carbonyl (C=O) groups excluding carboxylic acids is 1. The van der Waals surface area contributed by atoms with Gasteiger partial charge in [-0.1, -0.05) is 41.6 Å². The highest BCUT2D eigenvalue weighted by Crippen LogP contribution is 2.28. The fourth-order valence-corrected chi connectivity index (χ4v) is 4.09. The summed E-state index contributed by atoms with van der Waals surface area (Å²) in [5.41, 5.74) is 4.99. The molecule has 1 N–H and O–H groups in total. The first kappa shape index (κ1) is 24.3. The molecule has 1 aromatic heterocycles. The number of rotatable bonds is 9. The standard InChI is InChI=1S/C25H22ClN5O3S/c1-33-21-13-10-18(22(14-21)34-2)15-27-28-23(32)16-35-25-30-29-24(17-8-11-19(26)12-9-17)31(25)20-6-4-3-5-7-20/h3-15H,16H2,1-2H3,(H,28,32)/b27-15+. The number of ether oxygens (including phenoxy) is 2. The molecule has 1 heterocycles. The number of benzene rings is 3. The first-order chi connectivity index (χ1) is 17.1. The molecular formula is C25H22ClN5O3S. The molecule has 0 unspecified atom stereocenters. The molecule has 0 aliphatic carbocycles. The topological polar surface area (TPSA) is 90.6 Å². The average Bonchev–Trinajstić information content (AvgIpc) is 3.32. The third-order valence-corrected chi connectivity index (χ3v) is 6.10. The molecular weight excluding hydrogens is 486 g/mol. The van der Waals surface area contributed by atoms with E-state index >= 15 is 0 Å². The second-order valence-corrected chi connectivity index (χ2v) is 8.55. The van der Waals surface area contributed by atoms with E-state index in [0.29, 0.717) is 33.1 Å². The van der Waals surface area contributed by atoms with Crippen LogP contribution in [0.4, 0.5) is 0 Å². The third-order valence-electron chi connectivity index (χ3n) is 4.92. The van der Waals surface area contributed by atoms with Crippen molar-refractivity contribution in [3.05, 3.63) is 83.4 Å². The number of hydrogen-bond donors (Lipinski definition) is 1. The van der Waals surface area contributed by atoms with Crippen LogP contribution in [0, 0.1) is 0 Å². The summed E-state index contributed by atoms with van der Waals surface area (Å²) >= 11 is 7.31. The van der Waals surface area contributed by atoms with Gasteiger partial charge in [0.25, 0.3) is 5.91 Å². The van der Waals surface area contributed by atoms with Crippen molar-refractivity contribution >= 4 is 35.5 Å². The molecule has 0 bridgehead atoms. The van der Waals surface area contributed by atoms with Crippen molar-refractivity contribution in [2.75, 3.05) is 20.0 Å². The second-order valence-electron chi connectivity index (χ2n) is 7.17. The number of methoxy groups -OCH3 is 2. The highest BCUT2D eigenvalue weighted by Gasteiger charge is 2.17. The van der Waals surface area contributed by atoms with Gasteiger partial charge in [-0.25, -0.2) is 5.43 Å². The normalized spacial score (nSPS) is 10.9. The monoisotopic (exact) mass is 507 g/mol. The van der Waals surface area contributed by atoms with E-state index in [1.54, 1.807) is 44.6 Å². The molecule has 3 aromatic carbocycles. The van der Waals surface area contributed by atoms with Gasteiger partial charge in [0, 0.05) is 27.9 Å². The summed E-state index contributed by atoms with van der Waals surface area (Å²) in [5.74, 6) is 1.72. The quantitative estimate of drug-likeness (QED) is 0.198. The molecule has 0 fully saturated rings. The lowest BCUT2D eigenvalue weighted by Crippen LogP contribution is -2.20. The second kappa shape index (κ2) is 11.5. The van der Waals surface area contributed by atoms with Gasteiger partial charge in [0.2, 0.25) is 0 Å². The summed E-state index contributed by atoms with van der Waals surface area (Å²) in [4.78, 5) is 12.5. The van der Waals surface area contributed by atoms with Crippen LogP contribution >= 0.6 is 23.4 Å². The van der Waals surface area contributed by atoms with Crippen LogP contribution in [0.15, 0.2) is 83.1 Å². The number of halogens is 1. The molecule has 0 atom stereocenters. The maximum Gasteiger partial charge on any atom is 0.250 e. The van der Waals surface area contributed by atoms with Crippen LogP contribution in [0.5, 0.6) is 11.5 Å². The molecule has 1 amide bonds. The molecule has 4 rings (SSSR count). The summed E-state index contributed by atoms with van der Waals surface area (Å²) in [6, 6.07) is 22.4. The molecule has 8 nitrogen and oxygen atoms in total. The summed E-state index contributed by atoms with van der Waals surface area (Å²) in [5, 5.41) is 14.0. The van der Waals surface area contributed by atoms with E-state index in [0.717, 1.165) is 11.3 Å². The van der Waals surface area contributed by atoms with Gasteiger partial charge in [0.1, 0.15) is 11.5 Å². The van der Waals surface area contributed by atoms with Crippen molar-refractivity contribution in [2.24, 2.45) is 5.10 Å². The molecule has 4 aromatic rings. The largest absolute Gasteiger partial charge is 0.497 e. The van der Waals surface area contributed by atoms with Crippen molar-refractivity contribution in [2.45, 2.75) is 5.16 Å². The highest BCUT2D eigenvalue weighted by atomic mass is 35.5. The minimum atomic E-state index is -0.283. The smallest absolute Gasteiger partial charge is 0.250 e. The molecule has 178 valence electrons. The summed E-state index contributed by atoms with van der Waals surface area (Å²) in [6.45, 7) is 0. The molecule has 0 aliphatic rings. The molecule has 0 radical (unpaired) electrons.